The summed E-state index contributed by atoms with van der Waals surface area (Å²) in [4.78, 5) is 35.8. The van der Waals surface area contributed by atoms with E-state index in [0.29, 0.717) is 34.6 Å². The zero-order valence-electron chi connectivity index (χ0n) is 17.0. The van der Waals surface area contributed by atoms with Crippen molar-refractivity contribution in [2.75, 3.05) is 12.4 Å². The van der Waals surface area contributed by atoms with Crippen molar-refractivity contribution in [1.82, 2.24) is 15.0 Å². The molecule has 0 saturated heterocycles. The molecule has 0 atom stereocenters. The molecule has 30 heavy (non-hydrogen) atoms. The quantitative estimate of drug-likeness (QED) is 0.429. The van der Waals surface area contributed by atoms with Crippen molar-refractivity contribution in [3.63, 3.8) is 0 Å². The number of anilines is 1. The Morgan fingerprint density at radius 3 is 2.47 bits per heavy atom. The number of methoxy groups -OCH3 is 1. The molecule has 0 aliphatic carbocycles. The normalized spacial score (nSPS) is 10.9. The van der Waals surface area contributed by atoms with Gasteiger partial charge in [0.05, 0.1) is 23.7 Å². The van der Waals surface area contributed by atoms with Crippen molar-refractivity contribution in [2.45, 2.75) is 20.3 Å². The number of rotatable bonds is 5. The molecule has 4 aromatic rings. The molecule has 2 aromatic carbocycles. The number of ether oxygens (including phenoxy) is 1. The third kappa shape index (κ3) is 3.45. The first-order valence-electron chi connectivity index (χ1n) is 9.68. The van der Waals surface area contributed by atoms with Crippen LogP contribution in [-0.4, -0.2) is 33.9 Å². The van der Waals surface area contributed by atoms with Gasteiger partial charge in [-0.2, -0.15) is 0 Å². The van der Waals surface area contributed by atoms with E-state index < -0.39 is 5.97 Å². The second-order valence-electron chi connectivity index (χ2n) is 6.96. The van der Waals surface area contributed by atoms with Crippen LogP contribution in [0, 0.1) is 6.92 Å². The average molecular weight is 402 g/mol. The molecule has 0 radical (unpaired) electrons. The van der Waals surface area contributed by atoms with E-state index in [2.05, 4.69) is 20.3 Å². The number of H-pyrrole nitrogens is 2. The smallest absolute Gasteiger partial charge is 0.339 e. The third-order valence-electron chi connectivity index (χ3n) is 5.10. The zero-order valence-corrected chi connectivity index (χ0v) is 17.0. The molecule has 0 aliphatic heterocycles. The number of aryl methyl sites for hydroxylation is 1. The number of nitrogens with one attached hydrogen (secondary N) is 3. The lowest BCUT2D eigenvalue weighted by Crippen LogP contribution is -2.14. The van der Waals surface area contributed by atoms with E-state index in [4.69, 9.17) is 4.74 Å². The van der Waals surface area contributed by atoms with Gasteiger partial charge in [-0.15, -0.1) is 0 Å². The fourth-order valence-electron chi connectivity index (χ4n) is 3.52. The SMILES string of the molecule is CCc1[nH]c(C(=O)Nc2ccc(-c3nc4ccccc4[nH]3)cc2)c(C)c1C(=O)OC. The van der Waals surface area contributed by atoms with Gasteiger partial charge < -0.3 is 20.0 Å². The molecule has 0 bridgehead atoms. The first-order chi connectivity index (χ1) is 14.5. The summed E-state index contributed by atoms with van der Waals surface area (Å²) in [5, 5.41) is 2.87. The van der Waals surface area contributed by atoms with Crippen LogP contribution in [0.2, 0.25) is 0 Å². The van der Waals surface area contributed by atoms with E-state index in [1.807, 2.05) is 55.5 Å². The maximum absolute atomic E-state index is 12.8. The van der Waals surface area contributed by atoms with Crippen LogP contribution in [0.3, 0.4) is 0 Å². The van der Waals surface area contributed by atoms with Crippen LogP contribution >= 0.6 is 0 Å². The van der Waals surface area contributed by atoms with Gasteiger partial charge in [0.25, 0.3) is 5.91 Å². The lowest BCUT2D eigenvalue weighted by Gasteiger charge is -2.06. The summed E-state index contributed by atoms with van der Waals surface area (Å²) in [6, 6.07) is 15.3. The van der Waals surface area contributed by atoms with E-state index in [0.717, 1.165) is 22.4 Å². The van der Waals surface area contributed by atoms with Gasteiger partial charge in [-0.1, -0.05) is 19.1 Å². The number of amides is 1. The molecule has 0 fully saturated rings. The first kappa shape index (κ1) is 19.4. The summed E-state index contributed by atoms with van der Waals surface area (Å²) in [7, 11) is 1.33. The molecule has 2 aromatic heterocycles. The van der Waals surface area contributed by atoms with Crippen molar-refractivity contribution in [1.29, 1.82) is 0 Å². The Balaban J connectivity index is 1.55. The van der Waals surface area contributed by atoms with E-state index >= 15 is 0 Å². The number of hydrogen-bond donors (Lipinski definition) is 3. The monoisotopic (exact) mass is 402 g/mol. The van der Waals surface area contributed by atoms with Crippen LogP contribution in [0.1, 0.15) is 39.0 Å². The van der Waals surface area contributed by atoms with Gasteiger partial charge >= 0.3 is 5.97 Å². The van der Waals surface area contributed by atoms with Gasteiger partial charge in [-0.05, 0) is 55.3 Å². The summed E-state index contributed by atoms with van der Waals surface area (Å²) in [6.45, 7) is 3.65. The topological polar surface area (TPSA) is 99.9 Å². The van der Waals surface area contributed by atoms with Crippen molar-refractivity contribution in [3.05, 3.63) is 71.0 Å². The Kier molecular flexibility index (Phi) is 5.10. The van der Waals surface area contributed by atoms with Gasteiger partial charge in [0.2, 0.25) is 0 Å². The number of nitrogens with zero attached hydrogens (tertiary/aromatic N) is 1. The average Bonchev–Trinajstić information content (AvgIpc) is 3.34. The predicted octanol–water partition coefficient (Wildman–Crippen LogP) is 4.47. The molecule has 7 nitrogen and oxygen atoms in total. The van der Waals surface area contributed by atoms with Crippen molar-refractivity contribution in [3.8, 4) is 11.4 Å². The molecule has 0 aliphatic rings. The summed E-state index contributed by atoms with van der Waals surface area (Å²) in [5.41, 5.74) is 5.48. The molecule has 0 unspecified atom stereocenters. The van der Waals surface area contributed by atoms with Gasteiger partial charge in [-0.3, -0.25) is 4.79 Å². The standard InChI is InChI=1S/C23H22N4O3/c1-4-16-19(23(29)30-3)13(2)20(25-16)22(28)24-15-11-9-14(10-12-15)21-26-17-7-5-6-8-18(17)27-21/h5-12,25H,4H2,1-3H3,(H,24,28)(H,26,27). The lowest BCUT2D eigenvalue weighted by molar-refractivity contribution is 0.0599. The number of esters is 1. The number of benzene rings is 2. The number of carbonyl (C=O) groups excluding carboxylic acids is 2. The first-order valence-corrected chi connectivity index (χ1v) is 9.68. The Labute approximate surface area is 173 Å². The van der Waals surface area contributed by atoms with Crippen LogP contribution < -0.4 is 5.32 Å². The Bertz CT molecular complexity index is 1200. The Hall–Kier alpha value is -3.87. The highest BCUT2D eigenvalue weighted by molar-refractivity contribution is 6.07. The number of para-hydroxylation sites is 2. The van der Waals surface area contributed by atoms with Crippen molar-refractivity contribution >= 4 is 28.6 Å². The van der Waals surface area contributed by atoms with Gasteiger partial charge in [0.1, 0.15) is 11.5 Å². The van der Waals surface area contributed by atoms with Crippen LogP contribution in [-0.2, 0) is 11.2 Å². The fraction of sp³-hybridized carbons (Fsp3) is 0.174. The summed E-state index contributed by atoms with van der Waals surface area (Å²) < 4.78 is 4.85. The molecule has 4 rings (SSSR count). The molecular weight excluding hydrogens is 380 g/mol. The largest absolute Gasteiger partial charge is 0.465 e. The number of hydrogen-bond acceptors (Lipinski definition) is 4. The van der Waals surface area contributed by atoms with Crippen LogP contribution in [0.5, 0.6) is 0 Å². The van der Waals surface area contributed by atoms with E-state index in [1.54, 1.807) is 6.92 Å². The minimum atomic E-state index is -0.449. The van der Waals surface area contributed by atoms with Crippen LogP contribution in [0.15, 0.2) is 48.5 Å². The molecule has 0 spiro atoms. The molecule has 7 heteroatoms. The predicted molar refractivity (Wildman–Crippen MR) is 116 cm³/mol. The van der Waals surface area contributed by atoms with Gasteiger partial charge in [0.15, 0.2) is 0 Å². The molecule has 1 amide bonds. The van der Waals surface area contributed by atoms with E-state index in [-0.39, 0.29) is 5.91 Å². The molecule has 2 heterocycles. The zero-order chi connectivity index (χ0) is 21.3. The number of aromatic nitrogens is 3. The summed E-state index contributed by atoms with van der Waals surface area (Å²) >= 11 is 0. The van der Waals surface area contributed by atoms with Crippen molar-refractivity contribution < 1.29 is 14.3 Å². The van der Waals surface area contributed by atoms with E-state index in [9.17, 15) is 9.59 Å². The second kappa shape index (κ2) is 7.87. The molecule has 152 valence electrons. The van der Waals surface area contributed by atoms with E-state index in [1.165, 1.54) is 7.11 Å². The van der Waals surface area contributed by atoms with Crippen LogP contribution in [0.25, 0.3) is 22.4 Å². The van der Waals surface area contributed by atoms with Crippen LogP contribution in [0.4, 0.5) is 5.69 Å². The number of aromatic amines is 2. The minimum Gasteiger partial charge on any atom is -0.465 e. The lowest BCUT2D eigenvalue weighted by atomic mass is 10.1. The fourth-order valence-corrected chi connectivity index (χ4v) is 3.52. The Morgan fingerprint density at radius 1 is 1.07 bits per heavy atom. The third-order valence-corrected chi connectivity index (χ3v) is 5.10. The second-order valence-corrected chi connectivity index (χ2v) is 6.96. The maximum Gasteiger partial charge on any atom is 0.339 e. The highest BCUT2D eigenvalue weighted by Gasteiger charge is 2.23. The number of imidazole rings is 1. The molecule has 3 N–H and O–H groups in total. The minimum absolute atomic E-state index is 0.311. The summed E-state index contributed by atoms with van der Waals surface area (Å²) in [5.74, 6) is 0.00766. The number of carbonyl (C=O) groups is 2. The Morgan fingerprint density at radius 2 is 1.80 bits per heavy atom. The summed E-state index contributed by atoms with van der Waals surface area (Å²) in [6.07, 6.45) is 0.588. The van der Waals surface area contributed by atoms with Gasteiger partial charge in [0, 0.05) is 16.9 Å². The molecule has 0 saturated carbocycles. The highest BCUT2D eigenvalue weighted by atomic mass is 16.5. The van der Waals surface area contributed by atoms with Gasteiger partial charge in [-0.25, -0.2) is 9.78 Å². The maximum atomic E-state index is 12.8. The number of fused-ring (bicyclic) bond motifs is 1. The molecular formula is C23H22N4O3. The highest BCUT2D eigenvalue weighted by Crippen LogP contribution is 2.24. The van der Waals surface area contributed by atoms with Crippen molar-refractivity contribution in [2.24, 2.45) is 0 Å².